The number of hydrogen-bond donors (Lipinski definition) is 2. The molecular weight excluding hydrogens is 400 g/mol. The van der Waals surface area contributed by atoms with E-state index in [2.05, 4.69) is 0 Å². The topological polar surface area (TPSA) is 114 Å². The molecule has 0 spiro atoms. The zero-order valence-electron chi connectivity index (χ0n) is 18.3. The first-order valence-corrected chi connectivity index (χ1v) is 10.8. The van der Waals surface area contributed by atoms with Gasteiger partial charge in [0, 0.05) is 13.2 Å². The lowest BCUT2D eigenvalue weighted by atomic mass is 10.3. The van der Waals surface area contributed by atoms with E-state index in [0.717, 1.165) is 12.8 Å². The number of unbranched alkanes of at least 4 members (excludes halogenated alkanes) is 1. The van der Waals surface area contributed by atoms with E-state index >= 15 is 0 Å². The van der Waals surface area contributed by atoms with Crippen LogP contribution in [0.15, 0.2) is 0 Å². The standard InChI is InChI=1S/C20H42O10/c21-3-7-25-11-15-29-19-17-27-13-9-23-5-1-2-6-24-10-14-28-18-20-30-16-12-26-8-4-22/h21-22H,1-20H2. The number of aliphatic hydroxyl groups excluding tert-OH is 2. The van der Waals surface area contributed by atoms with Crippen molar-refractivity contribution in [3.8, 4) is 0 Å². The summed E-state index contributed by atoms with van der Waals surface area (Å²) in [5.41, 5.74) is 0. The molecule has 0 amide bonds. The molecule has 0 rings (SSSR count). The minimum atomic E-state index is 0.0346. The van der Waals surface area contributed by atoms with Crippen LogP contribution < -0.4 is 0 Å². The van der Waals surface area contributed by atoms with Crippen molar-refractivity contribution in [2.24, 2.45) is 0 Å². The van der Waals surface area contributed by atoms with Crippen molar-refractivity contribution in [1.82, 2.24) is 0 Å². The SMILES string of the molecule is OCCOCCOCCOCCOCCCCOCCOCCOCCOCCO. The second kappa shape index (κ2) is 28.6. The van der Waals surface area contributed by atoms with Crippen LogP contribution in [0, 0.1) is 0 Å². The molecule has 0 aliphatic rings. The summed E-state index contributed by atoms with van der Waals surface area (Å²) in [4.78, 5) is 0. The predicted molar refractivity (Wildman–Crippen MR) is 110 cm³/mol. The van der Waals surface area contributed by atoms with Gasteiger partial charge in [-0.15, -0.1) is 0 Å². The first kappa shape index (κ1) is 29.6. The molecule has 0 aromatic heterocycles. The molecule has 0 fully saturated rings. The van der Waals surface area contributed by atoms with Gasteiger partial charge < -0.3 is 48.1 Å². The van der Waals surface area contributed by atoms with Gasteiger partial charge in [-0.25, -0.2) is 0 Å². The molecule has 10 nitrogen and oxygen atoms in total. The second-order valence-corrected chi connectivity index (χ2v) is 6.05. The number of aliphatic hydroxyl groups is 2. The summed E-state index contributed by atoms with van der Waals surface area (Å²) < 4.78 is 42.5. The summed E-state index contributed by atoms with van der Waals surface area (Å²) in [6, 6.07) is 0. The van der Waals surface area contributed by atoms with Crippen molar-refractivity contribution in [3.05, 3.63) is 0 Å². The molecule has 0 saturated carbocycles. The van der Waals surface area contributed by atoms with Gasteiger partial charge in [0.1, 0.15) is 0 Å². The number of ether oxygens (including phenoxy) is 8. The Kier molecular flexibility index (Phi) is 28.2. The van der Waals surface area contributed by atoms with E-state index in [-0.39, 0.29) is 13.2 Å². The van der Waals surface area contributed by atoms with Gasteiger partial charge in [-0.1, -0.05) is 0 Å². The van der Waals surface area contributed by atoms with E-state index < -0.39 is 0 Å². The first-order chi connectivity index (χ1) is 14.9. The molecule has 10 heteroatoms. The third-order valence-corrected chi connectivity index (χ3v) is 3.53. The van der Waals surface area contributed by atoms with E-state index in [1.165, 1.54) is 0 Å². The zero-order valence-corrected chi connectivity index (χ0v) is 18.3. The Morgan fingerprint density at radius 2 is 0.467 bits per heavy atom. The van der Waals surface area contributed by atoms with E-state index in [9.17, 15) is 0 Å². The predicted octanol–water partition coefficient (Wildman–Crippen LogP) is -0.116. The fourth-order valence-electron chi connectivity index (χ4n) is 2.06. The van der Waals surface area contributed by atoms with Gasteiger partial charge in [0.15, 0.2) is 0 Å². The van der Waals surface area contributed by atoms with Crippen molar-refractivity contribution in [1.29, 1.82) is 0 Å². The average molecular weight is 443 g/mol. The molecule has 30 heavy (non-hydrogen) atoms. The van der Waals surface area contributed by atoms with Crippen LogP contribution >= 0.6 is 0 Å². The van der Waals surface area contributed by atoms with Gasteiger partial charge in [0.05, 0.1) is 106 Å². The molecule has 0 aliphatic heterocycles. The van der Waals surface area contributed by atoms with Gasteiger partial charge in [-0.3, -0.25) is 0 Å². The van der Waals surface area contributed by atoms with Crippen LogP contribution in [0.5, 0.6) is 0 Å². The van der Waals surface area contributed by atoms with Crippen molar-refractivity contribution in [2.45, 2.75) is 12.8 Å². The third kappa shape index (κ3) is 27.6. The van der Waals surface area contributed by atoms with Gasteiger partial charge >= 0.3 is 0 Å². The van der Waals surface area contributed by atoms with Crippen LogP contribution in [0.25, 0.3) is 0 Å². The Balaban J connectivity index is 2.97. The molecule has 0 heterocycles. The lowest BCUT2D eigenvalue weighted by Gasteiger charge is -2.08. The van der Waals surface area contributed by atoms with Crippen LogP contribution in [0.4, 0.5) is 0 Å². The molecule has 0 aromatic rings. The fourth-order valence-corrected chi connectivity index (χ4v) is 2.06. The summed E-state index contributed by atoms with van der Waals surface area (Å²) in [5, 5.41) is 17.1. The highest BCUT2D eigenvalue weighted by Crippen LogP contribution is 1.92. The minimum Gasteiger partial charge on any atom is -0.394 e. The highest BCUT2D eigenvalue weighted by Gasteiger charge is 1.95. The molecule has 0 unspecified atom stereocenters. The number of hydrogen-bond acceptors (Lipinski definition) is 10. The van der Waals surface area contributed by atoms with Gasteiger partial charge in [0.25, 0.3) is 0 Å². The maximum Gasteiger partial charge on any atom is 0.0701 e. The maximum atomic E-state index is 8.54. The Hall–Kier alpha value is -0.400. The molecule has 0 atom stereocenters. The van der Waals surface area contributed by atoms with Gasteiger partial charge in [-0.05, 0) is 12.8 Å². The van der Waals surface area contributed by atoms with Crippen LogP contribution in [0.1, 0.15) is 12.8 Å². The summed E-state index contributed by atoms with van der Waals surface area (Å²) in [7, 11) is 0. The maximum absolute atomic E-state index is 8.54. The van der Waals surface area contributed by atoms with E-state index in [1.807, 2.05) is 0 Å². The molecule has 0 bridgehead atoms. The minimum absolute atomic E-state index is 0.0346. The van der Waals surface area contributed by atoms with Crippen molar-refractivity contribution >= 4 is 0 Å². The Morgan fingerprint density at radius 3 is 0.700 bits per heavy atom. The van der Waals surface area contributed by atoms with Crippen LogP contribution in [-0.2, 0) is 37.9 Å². The molecule has 0 radical (unpaired) electrons. The Labute approximate surface area is 180 Å². The number of rotatable bonds is 27. The van der Waals surface area contributed by atoms with E-state index in [1.54, 1.807) is 0 Å². The normalized spacial score (nSPS) is 11.4. The highest BCUT2D eigenvalue weighted by molar-refractivity contribution is 4.40. The lowest BCUT2D eigenvalue weighted by Crippen LogP contribution is -2.13. The van der Waals surface area contributed by atoms with Crippen LogP contribution in [0.3, 0.4) is 0 Å². The fraction of sp³-hybridized carbons (Fsp3) is 1.00. The largest absolute Gasteiger partial charge is 0.394 e. The third-order valence-electron chi connectivity index (χ3n) is 3.53. The summed E-state index contributed by atoms with van der Waals surface area (Å²) in [6.45, 7) is 8.50. The summed E-state index contributed by atoms with van der Waals surface area (Å²) in [5.74, 6) is 0. The van der Waals surface area contributed by atoms with Crippen molar-refractivity contribution < 1.29 is 48.1 Å². The summed E-state index contributed by atoms with van der Waals surface area (Å²) in [6.07, 6.45) is 1.90. The molecule has 0 saturated heterocycles. The molecule has 2 N–H and O–H groups in total. The Morgan fingerprint density at radius 1 is 0.267 bits per heavy atom. The van der Waals surface area contributed by atoms with Crippen molar-refractivity contribution in [3.63, 3.8) is 0 Å². The molecule has 182 valence electrons. The molecular formula is C20H42O10. The second-order valence-electron chi connectivity index (χ2n) is 6.05. The smallest absolute Gasteiger partial charge is 0.0701 e. The van der Waals surface area contributed by atoms with Crippen LogP contribution in [0.2, 0.25) is 0 Å². The van der Waals surface area contributed by atoms with Crippen LogP contribution in [-0.4, -0.2) is 129 Å². The molecule has 0 aromatic carbocycles. The first-order valence-electron chi connectivity index (χ1n) is 10.8. The Bertz CT molecular complexity index is 269. The van der Waals surface area contributed by atoms with E-state index in [4.69, 9.17) is 48.1 Å². The quantitative estimate of drug-likeness (QED) is 0.167. The average Bonchev–Trinajstić information content (AvgIpc) is 2.76. The van der Waals surface area contributed by atoms with Gasteiger partial charge in [-0.2, -0.15) is 0 Å². The highest BCUT2D eigenvalue weighted by atomic mass is 16.6. The summed E-state index contributed by atoms with van der Waals surface area (Å²) >= 11 is 0. The van der Waals surface area contributed by atoms with E-state index in [0.29, 0.717) is 106 Å². The van der Waals surface area contributed by atoms with Gasteiger partial charge in [0.2, 0.25) is 0 Å². The monoisotopic (exact) mass is 442 g/mol. The lowest BCUT2D eigenvalue weighted by molar-refractivity contribution is -0.00905. The molecule has 0 aliphatic carbocycles. The zero-order chi connectivity index (χ0) is 21.8. The van der Waals surface area contributed by atoms with Crippen molar-refractivity contribution in [2.75, 3.05) is 119 Å².